The van der Waals surface area contributed by atoms with Gasteiger partial charge in [-0.2, -0.15) is 0 Å². The summed E-state index contributed by atoms with van der Waals surface area (Å²) < 4.78 is 0. The van der Waals surface area contributed by atoms with Gasteiger partial charge in [0.25, 0.3) is 5.91 Å². The second kappa shape index (κ2) is 7.40. The van der Waals surface area contributed by atoms with Crippen molar-refractivity contribution in [1.82, 2.24) is 5.32 Å². The number of rotatable bonds is 2. The third-order valence-corrected chi connectivity index (χ3v) is 6.78. The number of fused-ring (bicyclic) bond motifs is 2. The van der Waals surface area contributed by atoms with Gasteiger partial charge in [-0.1, -0.05) is 18.1 Å². The Morgan fingerprint density at radius 2 is 1.79 bits per heavy atom. The van der Waals surface area contributed by atoms with E-state index in [1.165, 1.54) is 11.3 Å². The number of anilines is 2. The van der Waals surface area contributed by atoms with Crippen molar-refractivity contribution in [2.24, 2.45) is 0 Å². The largest absolute Gasteiger partial charge is 0.369 e. The molecule has 5 heteroatoms. The number of carbonyl (C=O) groups is 1. The Labute approximate surface area is 174 Å². The van der Waals surface area contributed by atoms with E-state index < -0.39 is 0 Å². The number of hydrogen-bond acceptors (Lipinski definition) is 4. The van der Waals surface area contributed by atoms with Crippen molar-refractivity contribution in [2.75, 3.05) is 36.4 Å². The molecule has 29 heavy (non-hydrogen) atoms. The van der Waals surface area contributed by atoms with Gasteiger partial charge in [-0.3, -0.25) is 4.79 Å². The SMILES string of the molecule is C#Cc1ccc(-c2cc3c(s2)C(=O)Nc2ccc(N4CCNCC4)cc2C3)cc1. The van der Waals surface area contributed by atoms with Crippen LogP contribution in [0.3, 0.4) is 0 Å². The zero-order valence-electron chi connectivity index (χ0n) is 16.0. The molecule has 0 unspecified atom stereocenters. The molecule has 4 nitrogen and oxygen atoms in total. The smallest absolute Gasteiger partial charge is 0.266 e. The lowest BCUT2D eigenvalue weighted by molar-refractivity contribution is 0.103. The van der Waals surface area contributed by atoms with Crippen LogP contribution in [-0.2, 0) is 6.42 Å². The molecule has 3 heterocycles. The summed E-state index contributed by atoms with van der Waals surface area (Å²) in [6, 6.07) is 16.5. The van der Waals surface area contributed by atoms with Gasteiger partial charge < -0.3 is 15.5 Å². The Bertz CT molecular complexity index is 1120. The van der Waals surface area contributed by atoms with Gasteiger partial charge >= 0.3 is 0 Å². The van der Waals surface area contributed by atoms with Crippen LogP contribution in [0.4, 0.5) is 11.4 Å². The highest BCUT2D eigenvalue weighted by Crippen LogP contribution is 2.37. The zero-order chi connectivity index (χ0) is 19.8. The van der Waals surface area contributed by atoms with E-state index >= 15 is 0 Å². The molecule has 1 saturated heterocycles. The van der Waals surface area contributed by atoms with Gasteiger partial charge in [0.2, 0.25) is 0 Å². The van der Waals surface area contributed by atoms with Crippen molar-refractivity contribution in [3.63, 3.8) is 0 Å². The number of amides is 1. The van der Waals surface area contributed by atoms with Crippen molar-refractivity contribution >= 4 is 28.6 Å². The summed E-state index contributed by atoms with van der Waals surface area (Å²) >= 11 is 1.54. The van der Waals surface area contributed by atoms with Crippen LogP contribution in [0.25, 0.3) is 10.4 Å². The highest BCUT2D eigenvalue weighted by molar-refractivity contribution is 7.17. The summed E-state index contributed by atoms with van der Waals surface area (Å²) in [5.41, 5.74) is 6.34. The summed E-state index contributed by atoms with van der Waals surface area (Å²) in [7, 11) is 0. The van der Waals surface area contributed by atoms with Gasteiger partial charge in [-0.05, 0) is 53.1 Å². The van der Waals surface area contributed by atoms with Gasteiger partial charge in [0, 0.05) is 54.4 Å². The van der Waals surface area contributed by atoms with Crippen LogP contribution in [0, 0.1) is 12.3 Å². The molecule has 3 aromatic rings. The number of nitrogens with one attached hydrogen (secondary N) is 2. The Morgan fingerprint density at radius 1 is 1.00 bits per heavy atom. The fourth-order valence-corrected chi connectivity index (χ4v) is 5.06. The minimum absolute atomic E-state index is 0.0230. The number of benzene rings is 2. The van der Waals surface area contributed by atoms with Crippen molar-refractivity contribution < 1.29 is 4.79 Å². The quantitative estimate of drug-likeness (QED) is 0.641. The van der Waals surface area contributed by atoms with Crippen LogP contribution in [0.1, 0.15) is 26.4 Å². The molecule has 0 spiro atoms. The summed E-state index contributed by atoms with van der Waals surface area (Å²) in [6.07, 6.45) is 6.21. The molecule has 2 aliphatic rings. The molecule has 0 atom stereocenters. The maximum absolute atomic E-state index is 12.9. The summed E-state index contributed by atoms with van der Waals surface area (Å²) in [4.78, 5) is 17.1. The first-order valence-electron chi connectivity index (χ1n) is 9.81. The third-order valence-electron chi connectivity index (χ3n) is 5.55. The molecule has 0 radical (unpaired) electrons. The second-order valence-corrected chi connectivity index (χ2v) is 8.45. The van der Waals surface area contributed by atoms with E-state index in [2.05, 4.69) is 39.7 Å². The van der Waals surface area contributed by atoms with Gasteiger partial charge in [-0.25, -0.2) is 0 Å². The van der Waals surface area contributed by atoms with Crippen LogP contribution < -0.4 is 15.5 Å². The molecule has 5 rings (SSSR count). The van der Waals surface area contributed by atoms with E-state index in [1.54, 1.807) is 11.3 Å². The van der Waals surface area contributed by atoms with Crippen molar-refractivity contribution in [3.8, 4) is 22.8 Å². The molecule has 1 fully saturated rings. The highest BCUT2D eigenvalue weighted by Gasteiger charge is 2.23. The fourth-order valence-electron chi connectivity index (χ4n) is 3.98. The first-order chi connectivity index (χ1) is 14.2. The number of terminal acetylenes is 1. The van der Waals surface area contributed by atoms with Gasteiger partial charge in [-0.15, -0.1) is 17.8 Å². The molecule has 1 amide bonds. The number of hydrogen-bond donors (Lipinski definition) is 2. The highest BCUT2D eigenvalue weighted by atomic mass is 32.1. The first kappa shape index (κ1) is 18.0. The van der Waals surface area contributed by atoms with E-state index in [-0.39, 0.29) is 5.91 Å². The fraction of sp³-hybridized carbons (Fsp3) is 0.208. The number of piperazine rings is 1. The molecule has 0 saturated carbocycles. The third kappa shape index (κ3) is 3.42. The molecule has 2 aromatic carbocycles. The van der Waals surface area contributed by atoms with Crippen LogP contribution in [-0.4, -0.2) is 32.1 Å². The molecule has 1 aromatic heterocycles. The average molecular weight is 400 g/mol. The minimum atomic E-state index is -0.0230. The predicted octanol–water partition coefficient (Wildman–Crippen LogP) is 3.96. The Kier molecular flexibility index (Phi) is 4.59. The van der Waals surface area contributed by atoms with E-state index in [1.807, 2.05) is 30.3 Å². The van der Waals surface area contributed by atoms with Gasteiger partial charge in [0.05, 0.1) is 4.88 Å². The van der Waals surface area contributed by atoms with E-state index in [0.717, 1.165) is 64.7 Å². The van der Waals surface area contributed by atoms with Crippen LogP contribution in [0.15, 0.2) is 48.5 Å². The minimum Gasteiger partial charge on any atom is -0.369 e. The molecule has 144 valence electrons. The van der Waals surface area contributed by atoms with E-state index in [9.17, 15) is 4.79 Å². The summed E-state index contributed by atoms with van der Waals surface area (Å²) in [5.74, 6) is 2.62. The lowest BCUT2D eigenvalue weighted by Crippen LogP contribution is -2.43. The molecule has 0 aliphatic carbocycles. The molecule has 0 bridgehead atoms. The Morgan fingerprint density at radius 3 is 2.55 bits per heavy atom. The predicted molar refractivity (Wildman–Crippen MR) is 120 cm³/mol. The molecular formula is C24H21N3OS. The van der Waals surface area contributed by atoms with E-state index in [4.69, 9.17) is 6.42 Å². The van der Waals surface area contributed by atoms with Crippen LogP contribution in [0.5, 0.6) is 0 Å². The number of nitrogens with zero attached hydrogens (tertiary/aromatic N) is 1. The Balaban J connectivity index is 1.49. The number of carbonyl (C=O) groups excluding carboxylic acids is 1. The standard InChI is InChI=1S/C24H21N3OS/c1-2-16-3-5-17(6-4-16)22-15-19-13-18-14-20(27-11-9-25-10-12-27)7-8-21(18)26-24(28)23(19)29-22/h1,3-8,14-15,25H,9-13H2,(H,26,28). The maximum atomic E-state index is 12.9. The number of thiophene rings is 1. The average Bonchev–Trinajstić information content (AvgIpc) is 3.14. The molecule has 2 N–H and O–H groups in total. The lowest BCUT2D eigenvalue weighted by atomic mass is 10.0. The van der Waals surface area contributed by atoms with Crippen LogP contribution >= 0.6 is 11.3 Å². The summed E-state index contributed by atoms with van der Waals surface area (Å²) in [6.45, 7) is 4.02. The van der Waals surface area contributed by atoms with Crippen LogP contribution in [0.2, 0.25) is 0 Å². The monoisotopic (exact) mass is 399 g/mol. The Hall–Kier alpha value is -3.07. The molecular weight excluding hydrogens is 378 g/mol. The normalized spacial score (nSPS) is 15.7. The van der Waals surface area contributed by atoms with Crippen molar-refractivity contribution in [1.29, 1.82) is 0 Å². The van der Waals surface area contributed by atoms with E-state index in [0.29, 0.717) is 0 Å². The van der Waals surface area contributed by atoms with Gasteiger partial charge in [0.15, 0.2) is 0 Å². The van der Waals surface area contributed by atoms with Gasteiger partial charge in [0.1, 0.15) is 0 Å². The first-order valence-corrected chi connectivity index (χ1v) is 10.6. The topological polar surface area (TPSA) is 44.4 Å². The zero-order valence-corrected chi connectivity index (χ0v) is 16.8. The van der Waals surface area contributed by atoms with Crippen molar-refractivity contribution in [2.45, 2.75) is 6.42 Å². The summed E-state index contributed by atoms with van der Waals surface area (Å²) in [5, 5.41) is 6.50. The maximum Gasteiger partial charge on any atom is 0.266 e. The molecule has 2 aliphatic heterocycles. The van der Waals surface area contributed by atoms with Crippen molar-refractivity contribution in [3.05, 3.63) is 70.1 Å². The second-order valence-electron chi connectivity index (χ2n) is 7.40. The lowest BCUT2D eigenvalue weighted by Gasteiger charge is -2.30.